The zero-order chi connectivity index (χ0) is 24.3. The number of aromatic amines is 1. The van der Waals surface area contributed by atoms with Crippen LogP contribution in [0.5, 0.6) is 0 Å². The molecule has 0 bridgehead atoms. The molecule has 174 valence electrons. The molecular formula is C28H24N4O2S. The van der Waals surface area contributed by atoms with Gasteiger partial charge in [0.05, 0.1) is 34.7 Å². The van der Waals surface area contributed by atoms with Crippen molar-refractivity contribution >= 4 is 21.7 Å². The van der Waals surface area contributed by atoms with Crippen LogP contribution < -0.4 is 0 Å². The molecule has 1 N–H and O–H groups in total. The third-order valence-electron chi connectivity index (χ3n) is 6.28. The van der Waals surface area contributed by atoms with E-state index in [0.717, 1.165) is 28.0 Å². The summed E-state index contributed by atoms with van der Waals surface area (Å²) in [5.74, 6) is 0. The molecule has 2 heterocycles. The fourth-order valence-corrected chi connectivity index (χ4v) is 6.23. The average Bonchev–Trinajstić information content (AvgIpc) is 3.35. The molecule has 0 spiro atoms. The molecule has 7 heteroatoms. The van der Waals surface area contributed by atoms with Gasteiger partial charge in [0.1, 0.15) is 0 Å². The minimum Gasteiger partial charge on any atom is -0.345 e. The number of aromatic nitrogens is 2. The first kappa shape index (κ1) is 22.8. The van der Waals surface area contributed by atoms with Crippen molar-refractivity contribution in [2.24, 2.45) is 0 Å². The van der Waals surface area contributed by atoms with Crippen LogP contribution in [0.15, 0.2) is 96.3 Å². The van der Waals surface area contributed by atoms with Gasteiger partial charge in [-0.3, -0.25) is 0 Å². The fourth-order valence-electron chi connectivity index (χ4n) is 4.61. The highest BCUT2D eigenvalue weighted by Crippen LogP contribution is 2.36. The van der Waals surface area contributed by atoms with Gasteiger partial charge in [0.15, 0.2) is 0 Å². The van der Waals surface area contributed by atoms with Crippen molar-refractivity contribution in [3.05, 3.63) is 119 Å². The van der Waals surface area contributed by atoms with Crippen LogP contribution in [0.2, 0.25) is 0 Å². The van der Waals surface area contributed by atoms with E-state index in [1.165, 1.54) is 0 Å². The molecule has 3 aromatic carbocycles. The largest absolute Gasteiger partial charge is 0.345 e. The Morgan fingerprint density at radius 3 is 2.49 bits per heavy atom. The zero-order valence-electron chi connectivity index (χ0n) is 19.0. The predicted octanol–water partition coefficient (Wildman–Crippen LogP) is 5.03. The molecule has 5 rings (SSSR count). The van der Waals surface area contributed by atoms with Crippen LogP contribution in [0.25, 0.3) is 11.6 Å². The molecule has 0 aliphatic carbocycles. The predicted molar refractivity (Wildman–Crippen MR) is 135 cm³/mol. The van der Waals surface area contributed by atoms with E-state index in [1.807, 2.05) is 48.5 Å². The molecule has 1 aliphatic rings. The summed E-state index contributed by atoms with van der Waals surface area (Å²) in [7, 11) is -3.80. The molecule has 1 aliphatic heterocycles. The lowest BCUT2D eigenvalue weighted by Crippen LogP contribution is -2.40. The van der Waals surface area contributed by atoms with Gasteiger partial charge >= 0.3 is 0 Å². The molecule has 1 atom stereocenters. The van der Waals surface area contributed by atoms with Gasteiger partial charge in [-0.15, -0.1) is 0 Å². The highest BCUT2D eigenvalue weighted by Gasteiger charge is 2.35. The Labute approximate surface area is 205 Å². The van der Waals surface area contributed by atoms with Crippen molar-refractivity contribution in [2.45, 2.75) is 30.3 Å². The summed E-state index contributed by atoms with van der Waals surface area (Å²) in [5.41, 5.74) is 5.17. The monoisotopic (exact) mass is 480 g/mol. The van der Waals surface area contributed by atoms with Crippen LogP contribution in [0.3, 0.4) is 0 Å². The van der Waals surface area contributed by atoms with E-state index in [-0.39, 0.29) is 17.5 Å². The van der Waals surface area contributed by atoms with Crippen LogP contribution in [-0.2, 0) is 23.0 Å². The number of sulfonamides is 1. The standard InChI is InChI=1S/C28H24N4O2S/c29-17-22-11-12-28-23(15-25-18-30-20-31-25)16-26(14-21-7-3-1-4-8-21)32(19-24(28)13-22)35(33,34)27-9-5-2-6-10-27/h1-13,15,18,20,26H,14,16,19H2,(H,30,31)/b23-15+/t26-/m1/s1. The quantitative estimate of drug-likeness (QED) is 0.434. The lowest BCUT2D eigenvalue weighted by Gasteiger charge is -2.29. The van der Waals surface area contributed by atoms with Crippen LogP contribution in [0.4, 0.5) is 0 Å². The third kappa shape index (κ3) is 4.80. The van der Waals surface area contributed by atoms with E-state index in [4.69, 9.17) is 0 Å². The molecule has 6 nitrogen and oxygen atoms in total. The second-order valence-corrected chi connectivity index (χ2v) is 10.5. The van der Waals surface area contributed by atoms with Crippen LogP contribution in [0.1, 0.15) is 34.4 Å². The van der Waals surface area contributed by atoms with E-state index < -0.39 is 10.0 Å². The van der Waals surface area contributed by atoms with Crippen molar-refractivity contribution in [1.29, 1.82) is 5.26 Å². The van der Waals surface area contributed by atoms with Gasteiger partial charge < -0.3 is 4.98 Å². The van der Waals surface area contributed by atoms with Gasteiger partial charge in [-0.25, -0.2) is 13.4 Å². The molecule has 4 aromatic rings. The maximum absolute atomic E-state index is 14.0. The third-order valence-corrected chi connectivity index (χ3v) is 8.19. The molecular weight excluding hydrogens is 456 g/mol. The van der Waals surface area contributed by atoms with Gasteiger partial charge in [-0.05, 0) is 65.4 Å². The molecule has 35 heavy (non-hydrogen) atoms. The Balaban J connectivity index is 1.67. The van der Waals surface area contributed by atoms with Crippen molar-refractivity contribution in [3.63, 3.8) is 0 Å². The summed E-state index contributed by atoms with van der Waals surface area (Å²) in [5, 5.41) is 9.52. The highest BCUT2D eigenvalue weighted by atomic mass is 32.2. The minimum absolute atomic E-state index is 0.180. The smallest absolute Gasteiger partial charge is 0.243 e. The number of nitrogens with one attached hydrogen (secondary N) is 1. The zero-order valence-corrected chi connectivity index (χ0v) is 19.8. The van der Waals surface area contributed by atoms with Gasteiger partial charge in [0.2, 0.25) is 10.0 Å². The minimum atomic E-state index is -3.80. The number of nitriles is 1. The normalized spacial score (nSPS) is 17.5. The molecule has 0 fully saturated rings. The molecule has 0 unspecified atom stereocenters. The van der Waals surface area contributed by atoms with Crippen molar-refractivity contribution in [2.75, 3.05) is 0 Å². The summed E-state index contributed by atoms with van der Waals surface area (Å²) in [4.78, 5) is 7.51. The van der Waals surface area contributed by atoms with Gasteiger partial charge in [0, 0.05) is 12.6 Å². The molecule has 1 aromatic heterocycles. The van der Waals surface area contributed by atoms with Gasteiger partial charge in [0.25, 0.3) is 0 Å². The SMILES string of the molecule is N#Cc1ccc2c(c1)CN(S(=O)(=O)c1ccccc1)[C@H](Cc1ccccc1)C/C2=C\c1cnc[nH]1. The summed E-state index contributed by atoms with van der Waals surface area (Å²) >= 11 is 0. The van der Waals surface area contributed by atoms with Crippen molar-refractivity contribution in [3.8, 4) is 6.07 Å². The number of benzene rings is 3. The van der Waals surface area contributed by atoms with E-state index in [0.29, 0.717) is 18.4 Å². The van der Waals surface area contributed by atoms with E-state index in [2.05, 4.69) is 16.0 Å². The first-order valence-corrected chi connectivity index (χ1v) is 12.8. The number of H-pyrrole nitrogens is 1. The second-order valence-electron chi connectivity index (χ2n) is 8.57. The topological polar surface area (TPSA) is 89.8 Å². The Kier molecular flexibility index (Phi) is 6.32. The number of hydrogen-bond donors (Lipinski definition) is 1. The number of hydrogen-bond acceptors (Lipinski definition) is 4. The number of rotatable bonds is 5. The van der Waals surface area contributed by atoms with Crippen molar-refractivity contribution in [1.82, 2.24) is 14.3 Å². The number of fused-ring (bicyclic) bond motifs is 1. The molecule has 0 amide bonds. The molecule has 0 saturated heterocycles. The Bertz CT molecular complexity index is 1490. The summed E-state index contributed by atoms with van der Waals surface area (Å²) in [6.45, 7) is 0.180. The van der Waals surface area contributed by atoms with Gasteiger partial charge in [-0.1, -0.05) is 54.6 Å². The van der Waals surface area contributed by atoms with Crippen LogP contribution >= 0.6 is 0 Å². The first-order valence-electron chi connectivity index (χ1n) is 11.4. The summed E-state index contributed by atoms with van der Waals surface area (Å²) < 4.78 is 29.5. The lowest BCUT2D eigenvalue weighted by atomic mass is 9.93. The average molecular weight is 481 g/mol. The lowest BCUT2D eigenvalue weighted by molar-refractivity contribution is 0.318. The van der Waals surface area contributed by atoms with Crippen molar-refractivity contribution < 1.29 is 8.42 Å². The first-order chi connectivity index (χ1) is 17.0. The maximum atomic E-state index is 14.0. The second kappa shape index (κ2) is 9.71. The van der Waals surface area contributed by atoms with Gasteiger partial charge in [-0.2, -0.15) is 9.57 Å². The van der Waals surface area contributed by atoms with E-state index in [1.54, 1.807) is 53.2 Å². The Hall–Kier alpha value is -3.99. The van der Waals surface area contributed by atoms with Crippen LogP contribution in [0, 0.1) is 11.3 Å². The Morgan fingerprint density at radius 2 is 1.80 bits per heavy atom. The van der Waals surface area contributed by atoms with Crippen LogP contribution in [-0.4, -0.2) is 28.7 Å². The Morgan fingerprint density at radius 1 is 1.06 bits per heavy atom. The molecule has 0 radical (unpaired) electrons. The maximum Gasteiger partial charge on any atom is 0.243 e. The highest BCUT2D eigenvalue weighted by molar-refractivity contribution is 7.89. The van der Waals surface area contributed by atoms with E-state index in [9.17, 15) is 13.7 Å². The fraction of sp³-hybridized carbons (Fsp3) is 0.143. The number of imidazole rings is 1. The summed E-state index contributed by atoms with van der Waals surface area (Å²) in [6, 6.07) is 25.9. The van der Waals surface area contributed by atoms with E-state index >= 15 is 0 Å². The number of nitrogens with zero attached hydrogens (tertiary/aromatic N) is 3. The molecule has 0 saturated carbocycles. The summed E-state index contributed by atoms with van der Waals surface area (Å²) in [6.07, 6.45) is 6.46.